The standard InChI is InChI=1S/C8H15NO4/c9-7(5-10)8(11)13-6-1-3-12-4-2-6/h6-7,10H,1-5,9H2. The highest BCUT2D eigenvalue weighted by Gasteiger charge is 2.21. The zero-order valence-corrected chi connectivity index (χ0v) is 7.44. The minimum absolute atomic E-state index is 0.0983. The van der Waals surface area contributed by atoms with Gasteiger partial charge in [0.25, 0.3) is 0 Å². The molecule has 3 N–H and O–H groups in total. The van der Waals surface area contributed by atoms with Gasteiger partial charge in [-0.05, 0) is 0 Å². The third kappa shape index (κ3) is 3.30. The summed E-state index contributed by atoms with van der Waals surface area (Å²) in [5.74, 6) is -0.533. The lowest BCUT2D eigenvalue weighted by Crippen LogP contribution is -2.39. The van der Waals surface area contributed by atoms with Gasteiger partial charge in [0.2, 0.25) is 0 Å². The lowest BCUT2D eigenvalue weighted by molar-refractivity contribution is -0.155. The molecule has 0 bridgehead atoms. The highest BCUT2D eigenvalue weighted by molar-refractivity contribution is 5.75. The van der Waals surface area contributed by atoms with Crippen LogP contribution in [0, 0.1) is 0 Å². The minimum atomic E-state index is -0.914. The van der Waals surface area contributed by atoms with Crippen molar-refractivity contribution in [1.82, 2.24) is 0 Å². The van der Waals surface area contributed by atoms with Gasteiger partial charge in [-0.25, -0.2) is 0 Å². The van der Waals surface area contributed by atoms with E-state index in [4.69, 9.17) is 20.3 Å². The normalized spacial score (nSPS) is 21.1. The van der Waals surface area contributed by atoms with Gasteiger partial charge >= 0.3 is 5.97 Å². The van der Waals surface area contributed by atoms with Crippen LogP contribution in [-0.2, 0) is 14.3 Å². The van der Waals surface area contributed by atoms with E-state index >= 15 is 0 Å². The summed E-state index contributed by atoms with van der Waals surface area (Å²) in [6, 6.07) is -0.914. The molecule has 1 fully saturated rings. The molecule has 0 aromatic rings. The number of aliphatic hydroxyl groups excluding tert-OH is 1. The maximum absolute atomic E-state index is 11.1. The van der Waals surface area contributed by atoms with Crippen LogP contribution in [0.3, 0.4) is 0 Å². The molecule has 1 saturated heterocycles. The Labute approximate surface area is 76.8 Å². The molecule has 0 aromatic heterocycles. The average Bonchev–Trinajstić information content (AvgIpc) is 2.18. The Kier molecular flexibility index (Phi) is 4.14. The van der Waals surface area contributed by atoms with Crippen molar-refractivity contribution in [3.63, 3.8) is 0 Å². The van der Waals surface area contributed by atoms with Crippen LogP contribution in [0.2, 0.25) is 0 Å². The topological polar surface area (TPSA) is 81.8 Å². The Bertz CT molecular complexity index is 168. The van der Waals surface area contributed by atoms with Gasteiger partial charge < -0.3 is 20.3 Å². The van der Waals surface area contributed by atoms with Crippen molar-refractivity contribution < 1.29 is 19.4 Å². The number of esters is 1. The molecule has 0 radical (unpaired) electrons. The molecular weight excluding hydrogens is 174 g/mol. The molecule has 1 atom stereocenters. The van der Waals surface area contributed by atoms with Crippen molar-refractivity contribution in [2.45, 2.75) is 25.0 Å². The SMILES string of the molecule is NC(CO)C(=O)OC1CCOCC1. The molecule has 0 saturated carbocycles. The zero-order valence-electron chi connectivity index (χ0n) is 7.44. The third-order valence-corrected chi connectivity index (χ3v) is 1.95. The molecule has 1 rings (SSSR count). The molecule has 1 unspecified atom stereocenters. The molecule has 1 aliphatic heterocycles. The highest BCUT2D eigenvalue weighted by atomic mass is 16.6. The summed E-state index contributed by atoms with van der Waals surface area (Å²) in [7, 11) is 0. The number of hydrogen-bond acceptors (Lipinski definition) is 5. The van der Waals surface area contributed by atoms with Gasteiger partial charge in [-0.15, -0.1) is 0 Å². The van der Waals surface area contributed by atoms with E-state index in [1.54, 1.807) is 0 Å². The van der Waals surface area contributed by atoms with Gasteiger partial charge in [0.05, 0.1) is 19.8 Å². The first-order valence-electron chi connectivity index (χ1n) is 4.38. The predicted molar refractivity (Wildman–Crippen MR) is 45.0 cm³/mol. The first-order valence-corrected chi connectivity index (χ1v) is 4.38. The van der Waals surface area contributed by atoms with E-state index in [1.807, 2.05) is 0 Å². The molecule has 1 aliphatic rings. The predicted octanol–water partition coefficient (Wildman–Crippen LogP) is -0.972. The van der Waals surface area contributed by atoms with Gasteiger partial charge in [-0.3, -0.25) is 4.79 Å². The van der Waals surface area contributed by atoms with Crippen molar-refractivity contribution in [2.24, 2.45) is 5.73 Å². The van der Waals surface area contributed by atoms with Crippen LogP contribution in [0.5, 0.6) is 0 Å². The number of aliphatic hydroxyl groups is 1. The van der Waals surface area contributed by atoms with E-state index in [-0.39, 0.29) is 12.7 Å². The highest BCUT2D eigenvalue weighted by Crippen LogP contribution is 2.10. The molecule has 76 valence electrons. The van der Waals surface area contributed by atoms with Crippen LogP contribution in [0.25, 0.3) is 0 Å². The summed E-state index contributed by atoms with van der Waals surface area (Å²) in [6.07, 6.45) is 1.33. The van der Waals surface area contributed by atoms with Crippen LogP contribution in [-0.4, -0.2) is 43.0 Å². The van der Waals surface area contributed by atoms with Crippen LogP contribution in [0.1, 0.15) is 12.8 Å². The molecule has 1 heterocycles. The Hall–Kier alpha value is -0.650. The molecule has 0 aromatic carbocycles. The van der Waals surface area contributed by atoms with E-state index in [9.17, 15) is 4.79 Å². The van der Waals surface area contributed by atoms with E-state index in [0.29, 0.717) is 26.1 Å². The van der Waals surface area contributed by atoms with Crippen LogP contribution >= 0.6 is 0 Å². The Morgan fingerprint density at radius 1 is 1.62 bits per heavy atom. The van der Waals surface area contributed by atoms with Crippen molar-refractivity contribution in [1.29, 1.82) is 0 Å². The first-order chi connectivity index (χ1) is 6.24. The summed E-state index contributed by atoms with van der Waals surface area (Å²) < 4.78 is 10.1. The summed E-state index contributed by atoms with van der Waals surface area (Å²) in [4.78, 5) is 11.1. The van der Waals surface area contributed by atoms with Crippen molar-refractivity contribution in [2.75, 3.05) is 19.8 Å². The Morgan fingerprint density at radius 3 is 2.77 bits per heavy atom. The molecule has 5 nitrogen and oxygen atoms in total. The maximum Gasteiger partial charge on any atom is 0.325 e. The van der Waals surface area contributed by atoms with Crippen molar-refractivity contribution in [3.05, 3.63) is 0 Å². The van der Waals surface area contributed by atoms with E-state index in [0.717, 1.165) is 0 Å². The van der Waals surface area contributed by atoms with Crippen LogP contribution in [0.15, 0.2) is 0 Å². The average molecular weight is 189 g/mol. The minimum Gasteiger partial charge on any atom is -0.461 e. The van der Waals surface area contributed by atoms with Crippen LogP contribution in [0.4, 0.5) is 0 Å². The second-order valence-corrected chi connectivity index (χ2v) is 3.04. The number of ether oxygens (including phenoxy) is 2. The van der Waals surface area contributed by atoms with E-state index < -0.39 is 12.0 Å². The van der Waals surface area contributed by atoms with Crippen molar-refractivity contribution in [3.8, 4) is 0 Å². The fourth-order valence-electron chi connectivity index (χ4n) is 1.12. The van der Waals surface area contributed by atoms with Gasteiger partial charge in [0, 0.05) is 12.8 Å². The van der Waals surface area contributed by atoms with E-state index in [1.165, 1.54) is 0 Å². The largest absolute Gasteiger partial charge is 0.461 e. The van der Waals surface area contributed by atoms with Crippen molar-refractivity contribution >= 4 is 5.97 Å². The lowest BCUT2D eigenvalue weighted by Gasteiger charge is -2.23. The summed E-state index contributed by atoms with van der Waals surface area (Å²) in [5.41, 5.74) is 5.28. The van der Waals surface area contributed by atoms with Gasteiger partial charge in [0.1, 0.15) is 12.1 Å². The second kappa shape index (κ2) is 5.16. The second-order valence-electron chi connectivity index (χ2n) is 3.04. The fraction of sp³-hybridized carbons (Fsp3) is 0.875. The molecule has 0 spiro atoms. The molecular formula is C8H15NO4. The lowest BCUT2D eigenvalue weighted by atomic mass is 10.1. The number of carbonyl (C=O) groups is 1. The Balaban J connectivity index is 2.26. The number of rotatable bonds is 3. The molecule has 5 heteroatoms. The number of hydrogen-bond donors (Lipinski definition) is 2. The quantitative estimate of drug-likeness (QED) is 0.558. The first kappa shape index (κ1) is 10.4. The van der Waals surface area contributed by atoms with Gasteiger partial charge in [0.15, 0.2) is 0 Å². The summed E-state index contributed by atoms with van der Waals surface area (Å²) >= 11 is 0. The summed E-state index contributed by atoms with van der Waals surface area (Å²) in [6.45, 7) is 0.862. The fourth-order valence-corrected chi connectivity index (χ4v) is 1.12. The van der Waals surface area contributed by atoms with E-state index in [2.05, 4.69) is 0 Å². The monoisotopic (exact) mass is 189 g/mol. The summed E-state index contributed by atoms with van der Waals surface area (Å²) in [5, 5.41) is 8.58. The number of nitrogens with two attached hydrogens (primary N) is 1. The van der Waals surface area contributed by atoms with Crippen LogP contribution < -0.4 is 5.73 Å². The molecule has 0 aliphatic carbocycles. The van der Waals surface area contributed by atoms with Gasteiger partial charge in [-0.2, -0.15) is 0 Å². The molecule has 13 heavy (non-hydrogen) atoms. The van der Waals surface area contributed by atoms with Gasteiger partial charge in [-0.1, -0.05) is 0 Å². The maximum atomic E-state index is 11.1. The Morgan fingerprint density at radius 2 is 2.23 bits per heavy atom. The zero-order chi connectivity index (χ0) is 9.68. The third-order valence-electron chi connectivity index (χ3n) is 1.95. The number of carbonyl (C=O) groups excluding carboxylic acids is 1. The molecule has 0 amide bonds. The smallest absolute Gasteiger partial charge is 0.325 e.